The van der Waals surface area contributed by atoms with E-state index in [0.717, 1.165) is 43.9 Å². The Kier molecular flexibility index (Phi) is 5.61. The highest BCUT2D eigenvalue weighted by Gasteiger charge is 2.22. The van der Waals surface area contributed by atoms with E-state index in [-0.39, 0.29) is 5.91 Å². The summed E-state index contributed by atoms with van der Waals surface area (Å²) in [5, 5.41) is 0. The van der Waals surface area contributed by atoms with Crippen LogP contribution in [0.3, 0.4) is 0 Å². The number of methoxy groups -OCH3 is 1. The van der Waals surface area contributed by atoms with Crippen LogP contribution in [0.1, 0.15) is 43.2 Å². The first-order chi connectivity index (χ1) is 11.7. The quantitative estimate of drug-likeness (QED) is 0.861. The van der Waals surface area contributed by atoms with E-state index in [1.54, 1.807) is 7.11 Å². The molecular formula is C19H29N3O2. The minimum atomic E-state index is 0.263. The highest BCUT2D eigenvalue weighted by Crippen LogP contribution is 2.29. The first kappa shape index (κ1) is 17.1. The number of likely N-dealkylation sites (tertiary alicyclic amines) is 1. The van der Waals surface area contributed by atoms with E-state index in [2.05, 4.69) is 4.90 Å². The molecule has 1 aromatic rings. The lowest BCUT2D eigenvalue weighted by atomic mass is 9.98. The topological polar surface area (TPSA) is 58.8 Å². The molecule has 0 bridgehead atoms. The second kappa shape index (κ2) is 7.88. The van der Waals surface area contributed by atoms with Gasteiger partial charge in [-0.15, -0.1) is 0 Å². The highest BCUT2D eigenvalue weighted by molar-refractivity contribution is 5.77. The SMILES string of the molecule is COc1cc2c(cc1N)CN(C(=O)CCN1CCCCCC1)CC2. The van der Waals surface area contributed by atoms with E-state index < -0.39 is 0 Å². The van der Waals surface area contributed by atoms with Gasteiger partial charge >= 0.3 is 0 Å². The van der Waals surface area contributed by atoms with Crippen LogP contribution >= 0.6 is 0 Å². The Morgan fingerprint density at radius 1 is 1.12 bits per heavy atom. The number of fused-ring (bicyclic) bond motifs is 1. The number of nitrogens with two attached hydrogens (primary N) is 1. The van der Waals surface area contributed by atoms with E-state index in [1.807, 2.05) is 17.0 Å². The van der Waals surface area contributed by atoms with Crippen molar-refractivity contribution in [3.8, 4) is 5.75 Å². The zero-order valence-electron chi connectivity index (χ0n) is 14.7. The largest absolute Gasteiger partial charge is 0.495 e. The van der Waals surface area contributed by atoms with Crippen molar-refractivity contribution in [2.75, 3.05) is 39.0 Å². The van der Waals surface area contributed by atoms with Crippen molar-refractivity contribution in [1.29, 1.82) is 0 Å². The van der Waals surface area contributed by atoms with Crippen molar-refractivity contribution in [2.24, 2.45) is 0 Å². The summed E-state index contributed by atoms with van der Waals surface area (Å²) in [7, 11) is 1.64. The molecular weight excluding hydrogens is 302 g/mol. The zero-order valence-corrected chi connectivity index (χ0v) is 14.7. The molecule has 2 aliphatic rings. The molecule has 1 saturated heterocycles. The molecule has 0 aliphatic carbocycles. The summed E-state index contributed by atoms with van der Waals surface area (Å²) in [6.45, 7) is 4.65. The molecule has 0 saturated carbocycles. The molecule has 5 heteroatoms. The first-order valence-corrected chi connectivity index (χ1v) is 9.13. The number of nitrogens with zero attached hydrogens (tertiary/aromatic N) is 2. The molecule has 1 amide bonds. The summed E-state index contributed by atoms with van der Waals surface area (Å²) in [4.78, 5) is 17.0. The van der Waals surface area contributed by atoms with Crippen LogP contribution in [0.15, 0.2) is 12.1 Å². The molecule has 0 spiro atoms. The molecule has 1 aromatic carbocycles. The lowest BCUT2D eigenvalue weighted by Crippen LogP contribution is -2.38. The van der Waals surface area contributed by atoms with Crippen LogP contribution < -0.4 is 10.5 Å². The predicted octanol–water partition coefficient (Wildman–Crippen LogP) is 2.43. The molecule has 3 rings (SSSR count). The van der Waals surface area contributed by atoms with Gasteiger partial charge in [0, 0.05) is 26.1 Å². The fourth-order valence-corrected chi connectivity index (χ4v) is 3.77. The predicted molar refractivity (Wildman–Crippen MR) is 96.1 cm³/mol. The third kappa shape index (κ3) is 4.01. The van der Waals surface area contributed by atoms with Crippen LogP contribution in [0.25, 0.3) is 0 Å². The van der Waals surface area contributed by atoms with Crippen molar-refractivity contribution >= 4 is 11.6 Å². The average molecular weight is 331 g/mol. The zero-order chi connectivity index (χ0) is 16.9. The minimum Gasteiger partial charge on any atom is -0.495 e. The molecule has 2 heterocycles. The van der Waals surface area contributed by atoms with Crippen molar-refractivity contribution in [3.05, 3.63) is 23.3 Å². The van der Waals surface area contributed by atoms with Gasteiger partial charge in [0.2, 0.25) is 5.91 Å². The summed E-state index contributed by atoms with van der Waals surface area (Å²) in [6.07, 6.45) is 6.71. The Balaban J connectivity index is 1.56. The fourth-order valence-electron chi connectivity index (χ4n) is 3.77. The Morgan fingerprint density at radius 2 is 1.88 bits per heavy atom. The first-order valence-electron chi connectivity index (χ1n) is 9.13. The number of carbonyl (C=O) groups is 1. The van der Waals surface area contributed by atoms with Gasteiger partial charge in [0.05, 0.1) is 12.8 Å². The molecule has 5 nitrogen and oxygen atoms in total. The standard InChI is InChI=1S/C19H29N3O2/c1-24-18-13-15-6-11-22(14-16(15)12-17(18)20)19(23)7-10-21-8-4-2-3-5-9-21/h12-13H,2-11,14,20H2,1H3. The van der Waals surface area contributed by atoms with Crippen molar-refractivity contribution in [2.45, 2.75) is 45.1 Å². The number of amides is 1. The Morgan fingerprint density at radius 3 is 2.58 bits per heavy atom. The summed E-state index contributed by atoms with van der Waals surface area (Å²) in [5.74, 6) is 0.994. The average Bonchev–Trinajstić information content (AvgIpc) is 2.87. The number of hydrogen-bond donors (Lipinski definition) is 1. The molecule has 0 radical (unpaired) electrons. The second-order valence-corrected chi connectivity index (χ2v) is 6.93. The maximum absolute atomic E-state index is 12.6. The van der Waals surface area contributed by atoms with Gasteiger partial charge in [-0.1, -0.05) is 12.8 Å². The van der Waals surface area contributed by atoms with Gasteiger partial charge in [-0.2, -0.15) is 0 Å². The van der Waals surface area contributed by atoms with Crippen molar-refractivity contribution < 1.29 is 9.53 Å². The normalized spacial score (nSPS) is 18.8. The van der Waals surface area contributed by atoms with Crippen molar-refractivity contribution in [1.82, 2.24) is 9.80 Å². The third-order valence-corrected chi connectivity index (χ3v) is 5.26. The number of rotatable bonds is 4. The molecule has 1 fully saturated rings. The van der Waals surface area contributed by atoms with Gasteiger partial charge in [0.1, 0.15) is 5.75 Å². The van der Waals surface area contributed by atoms with E-state index in [0.29, 0.717) is 18.7 Å². The summed E-state index contributed by atoms with van der Waals surface area (Å²) >= 11 is 0. The van der Waals surface area contributed by atoms with Gasteiger partial charge < -0.3 is 20.3 Å². The lowest BCUT2D eigenvalue weighted by Gasteiger charge is -2.30. The molecule has 132 valence electrons. The third-order valence-electron chi connectivity index (χ3n) is 5.26. The minimum absolute atomic E-state index is 0.263. The fraction of sp³-hybridized carbons (Fsp3) is 0.632. The molecule has 2 N–H and O–H groups in total. The maximum atomic E-state index is 12.6. The van der Waals surface area contributed by atoms with E-state index in [4.69, 9.17) is 10.5 Å². The monoisotopic (exact) mass is 331 g/mol. The van der Waals surface area contributed by atoms with E-state index in [1.165, 1.54) is 31.2 Å². The molecule has 0 aromatic heterocycles. The van der Waals surface area contributed by atoms with Gasteiger partial charge in [-0.3, -0.25) is 4.79 Å². The summed E-state index contributed by atoms with van der Waals surface area (Å²) < 4.78 is 5.29. The Hall–Kier alpha value is -1.75. The Bertz CT molecular complexity index is 580. The maximum Gasteiger partial charge on any atom is 0.224 e. The van der Waals surface area contributed by atoms with Crippen LogP contribution in [0.4, 0.5) is 5.69 Å². The smallest absolute Gasteiger partial charge is 0.224 e. The highest BCUT2D eigenvalue weighted by atomic mass is 16.5. The number of carbonyl (C=O) groups excluding carboxylic acids is 1. The van der Waals surface area contributed by atoms with Crippen molar-refractivity contribution in [3.63, 3.8) is 0 Å². The van der Waals surface area contributed by atoms with Crippen LogP contribution in [-0.4, -0.2) is 49.0 Å². The number of benzene rings is 1. The van der Waals surface area contributed by atoms with Crippen LogP contribution in [-0.2, 0) is 17.8 Å². The molecule has 24 heavy (non-hydrogen) atoms. The van der Waals surface area contributed by atoms with Gasteiger partial charge in [-0.25, -0.2) is 0 Å². The number of hydrogen-bond acceptors (Lipinski definition) is 4. The number of nitrogen functional groups attached to an aromatic ring is 1. The van der Waals surface area contributed by atoms with E-state index >= 15 is 0 Å². The Labute approximate surface area is 144 Å². The second-order valence-electron chi connectivity index (χ2n) is 6.93. The van der Waals surface area contributed by atoms with Crippen LogP contribution in [0, 0.1) is 0 Å². The van der Waals surface area contributed by atoms with Gasteiger partial charge in [-0.05, 0) is 55.6 Å². The lowest BCUT2D eigenvalue weighted by molar-refractivity contribution is -0.132. The van der Waals surface area contributed by atoms with Crippen LogP contribution in [0.5, 0.6) is 5.75 Å². The summed E-state index contributed by atoms with van der Waals surface area (Å²) in [5.41, 5.74) is 9.06. The number of ether oxygens (including phenoxy) is 1. The van der Waals surface area contributed by atoms with E-state index in [9.17, 15) is 4.79 Å². The molecule has 0 atom stereocenters. The summed E-state index contributed by atoms with van der Waals surface area (Å²) in [6, 6.07) is 3.98. The van der Waals surface area contributed by atoms with Gasteiger partial charge in [0.25, 0.3) is 0 Å². The number of anilines is 1. The van der Waals surface area contributed by atoms with Gasteiger partial charge in [0.15, 0.2) is 0 Å². The molecule has 2 aliphatic heterocycles. The molecule has 0 unspecified atom stereocenters. The van der Waals surface area contributed by atoms with Crippen LogP contribution in [0.2, 0.25) is 0 Å².